The minimum absolute atomic E-state index is 0.0194. The Bertz CT molecular complexity index is 632. The lowest BCUT2D eigenvalue weighted by molar-refractivity contribution is 0.0521. The molecule has 1 aromatic heterocycles. The summed E-state index contributed by atoms with van der Waals surface area (Å²) in [4.78, 5) is 16.1. The predicted octanol–water partition coefficient (Wildman–Crippen LogP) is 1.69. The fourth-order valence-corrected chi connectivity index (χ4v) is 2.11. The second-order valence-electron chi connectivity index (χ2n) is 4.50. The van der Waals surface area contributed by atoms with Crippen molar-refractivity contribution in [3.63, 3.8) is 0 Å². The number of carbonyl (C=O) groups is 1. The summed E-state index contributed by atoms with van der Waals surface area (Å²) in [5.74, 6) is 0.435. The van der Waals surface area contributed by atoms with E-state index in [-0.39, 0.29) is 24.7 Å². The summed E-state index contributed by atoms with van der Waals surface area (Å²) in [5, 5.41) is 9.09. The van der Waals surface area contributed by atoms with Crippen molar-refractivity contribution in [1.82, 2.24) is 9.55 Å². The monoisotopic (exact) mass is 289 g/mol. The highest BCUT2D eigenvalue weighted by Gasteiger charge is 2.21. The minimum atomic E-state index is -0.518. The van der Waals surface area contributed by atoms with Crippen LogP contribution in [0.4, 0.5) is 5.82 Å². The van der Waals surface area contributed by atoms with E-state index in [1.54, 1.807) is 23.6 Å². The van der Waals surface area contributed by atoms with Gasteiger partial charge in [-0.1, -0.05) is 19.1 Å². The molecule has 6 nitrogen and oxygen atoms in total. The maximum atomic E-state index is 11.9. The van der Waals surface area contributed by atoms with Crippen LogP contribution in [0.1, 0.15) is 35.7 Å². The summed E-state index contributed by atoms with van der Waals surface area (Å²) < 4.78 is 6.70. The number of aryl methyl sites for hydroxylation is 1. The molecule has 6 heteroatoms. The Balaban J connectivity index is 2.48. The fraction of sp³-hybridized carbons (Fsp3) is 0.333. The lowest BCUT2D eigenvalue weighted by Crippen LogP contribution is -2.09. The highest BCUT2D eigenvalue weighted by Crippen LogP contribution is 2.22. The zero-order chi connectivity index (χ0) is 15.4. The molecule has 0 bridgehead atoms. The summed E-state index contributed by atoms with van der Waals surface area (Å²) in [6.45, 7) is 3.93. The predicted molar refractivity (Wildman–Crippen MR) is 79.2 cm³/mol. The van der Waals surface area contributed by atoms with Gasteiger partial charge >= 0.3 is 5.97 Å². The Morgan fingerprint density at radius 3 is 2.52 bits per heavy atom. The van der Waals surface area contributed by atoms with Crippen LogP contribution in [0.3, 0.4) is 0 Å². The number of aliphatic hydroxyl groups excluding tert-OH is 1. The number of imidazole rings is 1. The van der Waals surface area contributed by atoms with E-state index in [1.165, 1.54) is 0 Å². The van der Waals surface area contributed by atoms with Crippen LogP contribution in [0.2, 0.25) is 0 Å². The molecule has 0 aliphatic rings. The van der Waals surface area contributed by atoms with Crippen molar-refractivity contribution in [2.75, 3.05) is 12.3 Å². The van der Waals surface area contributed by atoms with Crippen LogP contribution in [0, 0.1) is 0 Å². The van der Waals surface area contributed by atoms with Gasteiger partial charge in [-0.15, -0.1) is 0 Å². The van der Waals surface area contributed by atoms with Gasteiger partial charge in [-0.3, -0.25) is 4.57 Å². The smallest absolute Gasteiger partial charge is 0.360 e. The lowest BCUT2D eigenvalue weighted by atomic mass is 10.2. The number of nitrogens with two attached hydrogens (primary N) is 1. The van der Waals surface area contributed by atoms with E-state index in [4.69, 9.17) is 15.6 Å². The second kappa shape index (κ2) is 6.41. The molecule has 0 aliphatic heterocycles. The molecule has 0 spiro atoms. The minimum Gasteiger partial charge on any atom is -0.461 e. The van der Waals surface area contributed by atoms with Crippen LogP contribution in [0.5, 0.6) is 0 Å². The summed E-state index contributed by atoms with van der Waals surface area (Å²) >= 11 is 0. The van der Waals surface area contributed by atoms with E-state index in [0.29, 0.717) is 12.2 Å². The number of benzene rings is 1. The summed E-state index contributed by atoms with van der Waals surface area (Å²) in [7, 11) is 0. The molecule has 1 heterocycles. The van der Waals surface area contributed by atoms with E-state index in [9.17, 15) is 4.79 Å². The first-order chi connectivity index (χ1) is 10.1. The lowest BCUT2D eigenvalue weighted by Gasteiger charge is -2.09. The first kappa shape index (κ1) is 15.1. The fourth-order valence-electron chi connectivity index (χ4n) is 2.11. The van der Waals surface area contributed by atoms with Crippen molar-refractivity contribution in [2.45, 2.75) is 26.9 Å². The van der Waals surface area contributed by atoms with Crippen molar-refractivity contribution >= 4 is 11.8 Å². The molecular weight excluding hydrogens is 270 g/mol. The van der Waals surface area contributed by atoms with E-state index in [0.717, 1.165) is 11.3 Å². The molecule has 3 N–H and O–H groups in total. The van der Waals surface area contributed by atoms with Gasteiger partial charge in [-0.05, 0) is 24.6 Å². The number of ether oxygens (including phenoxy) is 1. The van der Waals surface area contributed by atoms with Gasteiger partial charge in [0.2, 0.25) is 0 Å². The molecule has 0 saturated carbocycles. The number of nitrogens with zero attached hydrogens (tertiary/aromatic N) is 2. The van der Waals surface area contributed by atoms with E-state index in [2.05, 4.69) is 4.98 Å². The standard InChI is InChI=1S/C15H19N3O3/c1-3-12-17-13(15(20)21-4-2)14(16)18(12)11-7-5-10(9-19)6-8-11/h5-8,19H,3-4,9,16H2,1-2H3. The van der Waals surface area contributed by atoms with Crippen molar-refractivity contribution in [3.05, 3.63) is 41.3 Å². The number of rotatable bonds is 5. The maximum absolute atomic E-state index is 11.9. The Morgan fingerprint density at radius 2 is 2.00 bits per heavy atom. The SMILES string of the molecule is CCOC(=O)c1nc(CC)n(-c2ccc(CO)cc2)c1N. The number of hydrogen-bond acceptors (Lipinski definition) is 5. The molecule has 2 rings (SSSR count). The molecule has 0 unspecified atom stereocenters. The average molecular weight is 289 g/mol. The number of nitrogen functional groups attached to an aromatic ring is 1. The third-order valence-electron chi connectivity index (χ3n) is 3.14. The van der Waals surface area contributed by atoms with Gasteiger partial charge in [0.15, 0.2) is 5.69 Å². The van der Waals surface area contributed by atoms with Crippen LogP contribution in [0.15, 0.2) is 24.3 Å². The van der Waals surface area contributed by atoms with Crippen molar-refractivity contribution < 1.29 is 14.6 Å². The molecule has 21 heavy (non-hydrogen) atoms. The molecule has 0 fully saturated rings. The highest BCUT2D eigenvalue weighted by atomic mass is 16.5. The number of aliphatic hydroxyl groups is 1. The zero-order valence-corrected chi connectivity index (χ0v) is 12.2. The van der Waals surface area contributed by atoms with E-state index in [1.807, 2.05) is 19.1 Å². The zero-order valence-electron chi connectivity index (χ0n) is 12.2. The van der Waals surface area contributed by atoms with Crippen LogP contribution in [-0.4, -0.2) is 27.2 Å². The Labute approximate surface area is 123 Å². The molecule has 0 atom stereocenters. The van der Waals surface area contributed by atoms with Crippen molar-refractivity contribution in [1.29, 1.82) is 0 Å². The third-order valence-corrected chi connectivity index (χ3v) is 3.14. The summed E-state index contributed by atoms with van der Waals surface area (Å²) in [6.07, 6.45) is 0.630. The van der Waals surface area contributed by atoms with E-state index < -0.39 is 5.97 Å². The average Bonchev–Trinajstić information content (AvgIpc) is 2.84. The number of hydrogen-bond donors (Lipinski definition) is 2. The Morgan fingerprint density at radius 1 is 1.33 bits per heavy atom. The third kappa shape index (κ3) is 2.90. The topological polar surface area (TPSA) is 90.4 Å². The highest BCUT2D eigenvalue weighted by molar-refractivity contribution is 5.92. The molecule has 0 aliphatic carbocycles. The van der Waals surface area contributed by atoms with Gasteiger partial charge in [-0.2, -0.15) is 0 Å². The quantitative estimate of drug-likeness (QED) is 0.817. The van der Waals surface area contributed by atoms with Crippen LogP contribution in [0.25, 0.3) is 5.69 Å². The van der Waals surface area contributed by atoms with Gasteiger partial charge in [0, 0.05) is 12.1 Å². The normalized spacial score (nSPS) is 10.6. The second-order valence-corrected chi connectivity index (χ2v) is 4.50. The first-order valence-corrected chi connectivity index (χ1v) is 6.86. The Kier molecular flexibility index (Phi) is 4.59. The largest absolute Gasteiger partial charge is 0.461 e. The number of anilines is 1. The van der Waals surface area contributed by atoms with Crippen LogP contribution in [-0.2, 0) is 17.8 Å². The molecule has 112 valence electrons. The maximum Gasteiger partial charge on any atom is 0.360 e. The number of esters is 1. The molecule has 0 radical (unpaired) electrons. The molecule has 1 aromatic carbocycles. The molecule has 2 aromatic rings. The van der Waals surface area contributed by atoms with E-state index >= 15 is 0 Å². The first-order valence-electron chi connectivity index (χ1n) is 6.86. The van der Waals surface area contributed by atoms with Gasteiger partial charge in [0.05, 0.1) is 13.2 Å². The number of aromatic nitrogens is 2. The molecule has 0 amide bonds. The number of carbonyl (C=O) groups excluding carboxylic acids is 1. The van der Waals surface area contributed by atoms with Crippen LogP contribution >= 0.6 is 0 Å². The van der Waals surface area contributed by atoms with Crippen molar-refractivity contribution in [2.24, 2.45) is 0 Å². The summed E-state index contributed by atoms with van der Waals surface area (Å²) in [6, 6.07) is 7.27. The molecule has 0 saturated heterocycles. The summed E-state index contributed by atoms with van der Waals surface area (Å²) in [5.41, 5.74) is 7.81. The van der Waals surface area contributed by atoms with Gasteiger partial charge < -0.3 is 15.6 Å². The van der Waals surface area contributed by atoms with Crippen molar-refractivity contribution in [3.8, 4) is 5.69 Å². The Hall–Kier alpha value is -2.34. The van der Waals surface area contributed by atoms with Gasteiger partial charge in [-0.25, -0.2) is 9.78 Å². The van der Waals surface area contributed by atoms with Gasteiger partial charge in [0.25, 0.3) is 0 Å². The van der Waals surface area contributed by atoms with Gasteiger partial charge in [0.1, 0.15) is 11.6 Å². The molecular formula is C15H19N3O3. The van der Waals surface area contributed by atoms with Crippen LogP contribution < -0.4 is 5.73 Å².